The standard InChI is InChI=1S/C18H24NO5P.H2O/c1-3-23-25(21,24-4-2)18(17(20)16-10-12-19-13-11-16)22-14-15-8-6-5-7-9-15;/h5-13,17-18,20H,3-4,14H2,1-2H3;1H2/t17-,18-;/m0./s1. The molecule has 8 heteroatoms. The molecular weight excluding hydrogens is 357 g/mol. The zero-order valence-corrected chi connectivity index (χ0v) is 15.8. The Morgan fingerprint density at radius 1 is 1.04 bits per heavy atom. The molecule has 0 fully saturated rings. The molecule has 0 aliphatic heterocycles. The van der Waals surface area contributed by atoms with Gasteiger partial charge < -0.3 is 24.4 Å². The second-order valence-electron chi connectivity index (χ2n) is 5.29. The van der Waals surface area contributed by atoms with Crippen molar-refractivity contribution in [3.63, 3.8) is 0 Å². The third-order valence-corrected chi connectivity index (χ3v) is 5.80. The Kier molecular flexibility index (Phi) is 9.65. The molecule has 7 nitrogen and oxygen atoms in total. The third kappa shape index (κ3) is 5.99. The van der Waals surface area contributed by atoms with Crippen LogP contribution in [0.3, 0.4) is 0 Å². The van der Waals surface area contributed by atoms with Crippen molar-refractivity contribution in [2.75, 3.05) is 13.2 Å². The highest BCUT2D eigenvalue weighted by molar-refractivity contribution is 7.54. The Balaban J connectivity index is 0.00000338. The highest BCUT2D eigenvalue weighted by Gasteiger charge is 2.42. The predicted octanol–water partition coefficient (Wildman–Crippen LogP) is 3.10. The van der Waals surface area contributed by atoms with Crippen molar-refractivity contribution in [1.82, 2.24) is 4.98 Å². The fraction of sp³-hybridized carbons (Fsp3) is 0.389. The summed E-state index contributed by atoms with van der Waals surface area (Å²) in [6, 6.07) is 12.7. The van der Waals surface area contributed by atoms with Crippen LogP contribution >= 0.6 is 7.60 Å². The van der Waals surface area contributed by atoms with E-state index in [0.29, 0.717) is 5.56 Å². The SMILES string of the molecule is CCOP(=O)(OCC)[C@H](OCc1ccccc1)[C@@H](O)c1ccncc1.O. The van der Waals surface area contributed by atoms with Gasteiger partial charge in [0.1, 0.15) is 6.10 Å². The van der Waals surface area contributed by atoms with Gasteiger partial charge in [-0.15, -0.1) is 0 Å². The van der Waals surface area contributed by atoms with Crippen molar-refractivity contribution in [3.8, 4) is 0 Å². The van der Waals surface area contributed by atoms with Crippen LogP contribution in [0.1, 0.15) is 31.1 Å². The molecule has 1 aromatic heterocycles. The molecule has 3 N–H and O–H groups in total. The van der Waals surface area contributed by atoms with Gasteiger partial charge in [-0.2, -0.15) is 0 Å². The molecular formula is C18H26NO6P. The van der Waals surface area contributed by atoms with E-state index in [1.54, 1.807) is 38.4 Å². The molecule has 0 saturated carbocycles. The Bertz CT molecular complexity index is 660. The smallest absolute Gasteiger partial charge is 0.362 e. The summed E-state index contributed by atoms with van der Waals surface area (Å²) in [5.41, 5.74) is 1.43. The summed E-state index contributed by atoms with van der Waals surface area (Å²) in [7, 11) is -3.68. The first-order valence-electron chi connectivity index (χ1n) is 8.23. The normalized spacial score (nSPS) is 13.7. The largest absolute Gasteiger partial charge is 0.412 e. The maximum atomic E-state index is 13.2. The van der Waals surface area contributed by atoms with Gasteiger partial charge in [-0.05, 0) is 37.1 Å². The highest BCUT2D eigenvalue weighted by atomic mass is 31.2. The van der Waals surface area contributed by atoms with E-state index in [1.165, 1.54) is 0 Å². The van der Waals surface area contributed by atoms with E-state index in [1.807, 2.05) is 30.3 Å². The fourth-order valence-corrected chi connectivity index (χ4v) is 4.24. The lowest BCUT2D eigenvalue weighted by atomic mass is 10.1. The zero-order valence-electron chi connectivity index (χ0n) is 14.9. The summed E-state index contributed by atoms with van der Waals surface area (Å²) in [6.07, 6.45) is 1.94. The second-order valence-corrected chi connectivity index (χ2v) is 7.39. The van der Waals surface area contributed by atoms with Crippen LogP contribution in [-0.4, -0.2) is 34.6 Å². The number of aromatic nitrogens is 1. The topological polar surface area (TPSA) is 109 Å². The molecule has 0 aliphatic rings. The van der Waals surface area contributed by atoms with Crippen molar-refractivity contribution in [3.05, 3.63) is 66.0 Å². The van der Waals surface area contributed by atoms with Gasteiger partial charge in [-0.25, -0.2) is 0 Å². The minimum Gasteiger partial charge on any atom is -0.412 e. The van der Waals surface area contributed by atoms with Crippen LogP contribution in [0.15, 0.2) is 54.9 Å². The lowest BCUT2D eigenvalue weighted by Gasteiger charge is -2.30. The Labute approximate surface area is 153 Å². The van der Waals surface area contributed by atoms with Crippen molar-refractivity contribution in [2.45, 2.75) is 32.4 Å². The van der Waals surface area contributed by atoms with Gasteiger partial charge in [-0.3, -0.25) is 9.55 Å². The molecule has 0 amide bonds. The van der Waals surface area contributed by atoms with Crippen molar-refractivity contribution in [1.29, 1.82) is 0 Å². The van der Waals surface area contributed by atoms with Crippen LogP contribution in [0, 0.1) is 0 Å². The number of hydrogen-bond donors (Lipinski definition) is 1. The van der Waals surface area contributed by atoms with Crippen molar-refractivity contribution >= 4 is 7.60 Å². The van der Waals surface area contributed by atoms with E-state index in [4.69, 9.17) is 13.8 Å². The molecule has 1 heterocycles. The number of nitrogens with zero attached hydrogens (tertiary/aromatic N) is 1. The first-order chi connectivity index (χ1) is 12.1. The Morgan fingerprint density at radius 2 is 1.62 bits per heavy atom. The first kappa shape index (κ1) is 22.4. The molecule has 1 aromatic carbocycles. The van der Waals surface area contributed by atoms with Gasteiger partial charge >= 0.3 is 7.60 Å². The van der Waals surface area contributed by atoms with E-state index in [9.17, 15) is 9.67 Å². The molecule has 0 unspecified atom stereocenters. The van der Waals surface area contributed by atoms with E-state index >= 15 is 0 Å². The highest BCUT2D eigenvalue weighted by Crippen LogP contribution is 2.57. The Morgan fingerprint density at radius 3 is 2.15 bits per heavy atom. The fourth-order valence-electron chi connectivity index (χ4n) is 2.38. The molecule has 2 aromatic rings. The van der Waals surface area contributed by atoms with Gasteiger partial charge in [0, 0.05) is 12.4 Å². The first-order valence-corrected chi connectivity index (χ1v) is 9.84. The van der Waals surface area contributed by atoms with Gasteiger partial charge in [0.2, 0.25) is 0 Å². The summed E-state index contributed by atoms with van der Waals surface area (Å²) < 4.78 is 29.8. The molecule has 0 spiro atoms. The van der Waals surface area contributed by atoms with Crippen molar-refractivity contribution in [2.24, 2.45) is 0 Å². The quantitative estimate of drug-likeness (QED) is 0.632. The third-order valence-electron chi connectivity index (χ3n) is 3.51. The molecule has 0 saturated heterocycles. The number of ether oxygens (including phenoxy) is 1. The average molecular weight is 383 g/mol. The maximum absolute atomic E-state index is 13.2. The van der Waals surface area contributed by atoms with Crippen LogP contribution in [0.5, 0.6) is 0 Å². The van der Waals surface area contributed by atoms with Gasteiger partial charge in [0.25, 0.3) is 0 Å². The molecule has 26 heavy (non-hydrogen) atoms. The number of aliphatic hydroxyl groups is 1. The molecule has 2 atom stereocenters. The van der Waals surface area contributed by atoms with Crippen molar-refractivity contribution < 1.29 is 28.9 Å². The van der Waals surface area contributed by atoms with E-state index in [0.717, 1.165) is 5.56 Å². The van der Waals surface area contributed by atoms with Crippen LogP contribution in [0.2, 0.25) is 0 Å². The van der Waals surface area contributed by atoms with Gasteiger partial charge in [0.15, 0.2) is 5.85 Å². The number of benzene rings is 1. The molecule has 2 rings (SSSR count). The number of aliphatic hydroxyl groups excluding tert-OH is 1. The minimum atomic E-state index is -3.68. The zero-order chi connectivity index (χ0) is 18.1. The monoisotopic (exact) mass is 383 g/mol. The van der Waals surface area contributed by atoms with Crippen LogP contribution in [0.4, 0.5) is 0 Å². The lowest BCUT2D eigenvalue weighted by molar-refractivity contribution is -0.0204. The van der Waals surface area contributed by atoms with Gasteiger partial charge in [-0.1, -0.05) is 30.3 Å². The lowest BCUT2D eigenvalue weighted by Crippen LogP contribution is -2.25. The molecule has 144 valence electrons. The summed E-state index contributed by atoms with van der Waals surface area (Å²) in [6.45, 7) is 3.99. The molecule has 0 radical (unpaired) electrons. The van der Waals surface area contributed by atoms with Gasteiger partial charge in [0.05, 0.1) is 19.8 Å². The average Bonchev–Trinajstić information content (AvgIpc) is 2.63. The number of hydrogen-bond acceptors (Lipinski definition) is 6. The summed E-state index contributed by atoms with van der Waals surface area (Å²) in [5.74, 6) is -1.14. The van der Waals surface area contributed by atoms with E-state index < -0.39 is 19.5 Å². The second kappa shape index (κ2) is 11.2. The minimum absolute atomic E-state index is 0. The Hall–Kier alpha value is -1.60. The summed E-state index contributed by atoms with van der Waals surface area (Å²) >= 11 is 0. The summed E-state index contributed by atoms with van der Waals surface area (Å²) in [4.78, 5) is 3.93. The van der Waals surface area contributed by atoms with E-state index in [-0.39, 0.29) is 25.3 Å². The number of pyridine rings is 1. The predicted molar refractivity (Wildman–Crippen MR) is 98.7 cm³/mol. The molecule has 0 aliphatic carbocycles. The number of rotatable bonds is 10. The summed E-state index contributed by atoms with van der Waals surface area (Å²) in [5, 5.41) is 10.8. The molecule has 0 bridgehead atoms. The van der Waals surface area contributed by atoms with Crippen LogP contribution < -0.4 is 0 Å². The van der Waals surface area contributed by atoms with Crippen LogP contribution in [-0.2, 0) is 25.0 Å². The maximum Gasteiger partial charge on any atom is 0.362 e. The van der Waals surface area contributed by atoms with Crippen LogP contribution in [0.25, 0.3) is 0 Å². The van der Waals surface area contributed by atoms with E-state index in [2.05, 4.69) is 4.98 Å².